The quantitative estimate of drug-likeness (QED) is 0.726. The monoisotopic (exact) mass is 320 g/mol. The number of carbonyl (C=O) groups excluding carboxylic acids is 2. The second-order valence-electron chi connectivity index (χ2n) is 6.74. The Kier molecular flexibility index (Phi) is 8.21. The fourth-order valence-electron chi connectivity index (χ4n) is 2.48. The van der Waals surface area contributed by atoms with Gasteiger partial charge in [0, 0.05) is 18.1 Å². The molecule has 0 bridgehead atoms. The van der Waals surface area contributed by atoms with E-state index >= 15 is 0 Å². The minimum Gasteiger partial charge on any atom is -0.333 e. The highest BCUT2D eigenvalue weighted by atomic mass is 35.5. The zero-order valence-electron chi connectivity index (χ0n) is 13.4. The normalized spacial score (nSPS) is 23.1. The molecule has 1 rings (SSSR count). The minimum absolute atomic E-state index is 0. The lowest BCUT2D eigenvalue weighted by atomic mass is 9.92. The number of hydrogen-bond acceptors (Lipinski definition) is 4. The number of likely N-dealkylation sites (tertiary alicyclic amines) is 1. The van der Waals surface area contributed by atoms with Crippen molar-refractivity contribution in [2.75, 3.05) is 19.6 Å². The fraction of sp³-hybridized carbons (Fsp3) is 0.857. The van der Waals surface area contributed by atoms with Gasteiger partial charge in [0.05, 0.1) is 6.54 Å². The lowest BCUT2D eigenvalue weighted by molar-refractivity contribution is -0.122. The van der Waals surface area contributed by atoms with Gasteiger partial charge in [0.25, 0.3) is 0 Å². The number of nitrogens with zero attached hydrogens (tertiary/aromatic N) is 1. The zero-order chi connectivity index (χ0) is 15.3. The molecule has 0 aromatic carbocycles. The molecule has 2 unspecified atom stereocenters. The van der Waals surface area contributed by atoms with Crippen LogP contribution in [0.5, 0.6) is 0 Å². The summed E-state index contributed by atoms with van der Waals surface area (Å²) in [5.74, 6) is 0.367. The van der Waals surface area contributed by atoms with E-state index in [0.717, 1.165) is 19.4 Å². The highest BCUT2D eigenvalue weighted by Gasteiger charge is 2.27. The van der Waals surface area contributed by atoms with Gasteiger partial charge in [0.1, 0.15) is 0 Å². The van der Waals surface area contributed by atoms with E-state index in [2.05, 4.69) is 22.5 Å². The van der Waals surface area contributed by atoms with E-state index in [1.807, 2.05) is 20.8 Å². The van der Waals surface area contributed by atoms with E-state index in [0.29, 0.717) is 12.5 Å². The third-order valence-electron chi connectivity index (χ3n) is 3.46. The van der Waals surface area contributed by atoms with E-state index in [1.54, 1.807) is 0 Å². The number of carbonyl (C=O) groups is 2. The summed E-state index contributed by atoms with van der Waals surface area (Å²) in [7, 11) is 0. The van der Waals surface area contributed by atoms with Crippen LogP contribution in [0.2, 0.25) is 0 Å². The number of halogens is 1. The van der Waals surface area contributed by atoms with Crippen molar-refractivity contribution in [2.24, 2.45) is 11.7 Å². The van der Waals surface area contributed by atoms with Crippen molar-refractivity contribution in [3.8, 4) is 0 Å². The fourth-order valence-corrected chi connectivity index (χ4v) is 2.48. The number of rotatable bonds is 3. The summed E-state index contributed by atoms with van der Waals surface area (Å²) in [6, 6.07) is -0.215. The van der Waals surface area contributed by atoms with E-state index in [4.69, 9.17) is 5.73 Å². The van der Waals surface area contributed by atoms with Crippen LogP contribution in [0.15, 0.2) is 0 Å². The van der Waals surface area contributed by atoms with Gasteiger partial charge in [-0.05, 0) is 46.1 Å². The van der Waals surface area contributed by atoms with Crippen LogP contribution in [-0.2, 0) is 4.79 Å². The van der Waals surface area contributed by atoms with Crippen LogP contribution in [0.1, 0.15) is 40.5 Å². The summed E-state index contributed by atoms with van der Waals surface area (Å²) in [6.45, 7) is 9.45. The van der Waals surface area contributed by atoms with Gasteiger partial charge in [-0.25, -0.2) is 4.79 Å². The maximum atomic E-state index is 11.9. The van der Waals surface area contributed by atoms with E-state index < -0.39 is 6.03 Å². The van der Waals surface area contributed by atoms with Crippen molar-refractivity contribution in [1.82, 2.24) is 15.5 Å². The largest absolute Gasteiger partial charge is 0.333 e. The molecule has 4 N–H and O–H groups in total. The molecule has 2 atom stereocenters. The molecular weight excluding hydrogens is 292 g/mol. The highest BCUT2D eigenvalue weighted by Crippen LogP contribution is 2.21. The first-order valence-electron chi connectivity index (χ1n) is 7.27. The molecule has 1 saturated heterocycles. The van der Waals surface area contributed by atoms with Crippen LogP contribution >= 0.6 is 12.4 Å². The molecule has 0 radical (unpaired) electrons. The molecule has 0 aromatic heterocycles. The molecule has 124 valence electrons. The molecule has 1 fully saturated rings. The summed E-state index contributed by atoms with van der Waals surface area (Å²) in [4.78, 5) is 25.6. The van der Waals surface area contributed by atoms with Gasteiger partial charge in [-0.15, -0.1) is 12.4 Å². The predicted molar refractivity (Wildman–Crippen MR) is 86.5 cm³/mol. The van der Waals surface area contributed by atoms with Crippen LogP contribution in [0.25, 0.3) is 0 Å². The second-order valence-corrected chi connectivity index (χ2v) is 6.74. The van der Waals surface area contributed by atoms with Gasteiger partial charge in [-0.1, -0.05) is 6.92 Å². The number of hydrogen-bond donors (Lipinski definition) is 3. The number of urea groups is 1. The Bertz CT molecular complexity index is 357. The highest BCUT2D eigenvalue weighted by molar-refractivity contribution is 5.95. The van der Waals surface area contributed by atoms with Crippen molar-refractivity contribution in [2.45, 2.75) is 52.1 Å². The molecule has 1 aliphatic rings. The molecule has 0 aromatic rings. The standard InChI is InChI=1S/C14H28N4O2.ClH/c1-10-5-6-18(11(7-10)8-15)9-12(19)16-13(20)17-14(2,3)4;/h10-11H,5-9,15H2,1-4H3,(H2,16,17,19,20);1H. The number of amides is 3. The Balaban J connectivity index is 0.00000400. The van der Waals surface area contributed by atoms with Gasteiger partial charge in [0.15, 0.2) is 0 Å². The van der Waals surface area contributed by atoms with Gasteiger partial charge < -0.3 is 11.1 Å². The van der Waals surface area contributed by atoms with Crippen molar-refractivity contribution in [1.29, 1.82) is 0 Å². The molecule has 0 aliphatic carbocycles. The summed E-state index contributed by atoms with van der Waals surface area (Å²) in [5, 5.41) is 5.07. The molecule has 1 heterocycles. The van der Waals surface area contributed by atoms with Crippen molar-refractivity contribution in [3.63, 3.8) is 0 Å². The average Bonchev–Trinajstić information content (AvgIpc) is 2.28. The second kappa shape index (κ2) is 8.56. The molecule has 0 spiro atoms. The summed E-state index contributed by atoms with van der Waals surface area (Å²) in [5.41, 5.74) is 5.41. The molecule has 1 aliphatic heterocycles. The SMILES string of the molecule is CC1CCN(CC(=O)NC(=O)NC(C)(C)C)C(CN)C1.Cl. The number of imide groups is 1. The molecule has 0 saturated carbocycles. The van der Waals surface area contributed by atoms with Crippen LogP contribution in [0.3, 0.4) is 0 Å². The molecule has 7 heteroatoms. The van der Waals surface area contributed by atoms with E-state index in [-0.39, 0.29) is 36.4 Å². The average molecular weight is 321 g/mol. The molecular formula is C14H29ClN4O2. The zero-order valence-corrected chi connectivity index (χ0v) is 14.3. The number of piperidine rings is 1. The van der Waals surface area contributed by atoms with Crippen molar-refractivity contribution in [3.05, 3.63) is 0 Å². The smallest absolute Gasteiger partial charge is 0.321 e. The first kappa shape index (κ1) is 20.1. The van der Waals surface area contributed by atoms with Crippen LogP contribution in [0, 0.1) is 5.92 Å². The van der Waals surface area contributed by atoms with Crippen molar-refractivity contribution >= 4 is 24.3 Å². The lowest BCUT2D eigenvalue weighted by Crippen LogP contribution is -2.53. The third kappa shape index (κ3) is 7.64. The van der Waals surface area contributed by atoms with E-state index in [9.17, 15) is 9.59 Å². The third-order valence-corrected chi connectivity index (χ3v) is 3.46. The van der Waals surface area contributed by atoms with Gasteiger partial charge in [0.2, 0.25) is 5.91 Å². The molecule has 6 nitrogen and oxygen atoms in total. The van der Waals surface area contributed by atoms with Crippen LogP contribution in [-0.4, -0.2) is 48.1 Å². The first-order chi connectivity index (χ1) is 9.21. The summed E-state index contributed by atoms with van der Waals surface area (Å²) < 4.78 is 0. The summed E-state index contributed by atoms with van der Waals surface area (Å²) >= 11 is 0. The van der Waals surface area contributed by atoms with Crippen molar-refractivity contribution < 1.29 is 9.59 Å². The Morgan fingerprint density at radius 3 is 2.48 bits per heavy atom. The predicted octanol–water partition coefficient (Wildman–Crippen LogP) is 1.09. The number of nitrogens with two attached hydrogens (primary N) is 1. The van der Waals surface area contributed by atoms with E-state index in [1.165, 1.54) is 0 Å². The Morgan fingerprint density at radius 2 is 1.95 bits per heavy atom. The minimum atomic E-state index is -0.447. The summed E-state index contributed by atoms with van der Waals surface area (Å²) in [6.07, 6.45) is 2.08. The van der Waals surface area contributed by atoms with Gasteiger partial charge in [-0.2, -0.15) is 0 Å². The van der Waals surface area contributed by atoms with Gasteiger partial charge in [-0.3, -0.25) is 15.0 Å². The van der Waals surface area contributed by atoms with Crippen LogP contribution in [0.4, 0.5) is 4.79 Å². The Labute approximate surface area is 133 Å². The Morgan fingerprint density at radius 1 is 1.33 bits per heavy atom. The first-order valence-corrected chi connectivity index (χ1v) is 7.27. The lowest BCUT2D eigenvalue weighted by Gasteiger charge is -2.37. The topological polar surface area (TPSA) is 87.5 Å². The maximum Gasteiger partial charge on any atom is 0.321 e. The van der Waals surface area contributed by atoms with Gasteiger partial charge >= 0.3 is 6.03 Å². The number of nitrogens with one attached hydrogen (secondary N) is 2. The maximum absolute atomic E-state index is 11.9. The molecule has 21 heavy (non-hydrogen) atoms. The molecule has 3 amide bonds. The van der Waals surface area contributed by atoms with Crippen LogP contribution < -0.4 is 16.4 Å². The Hall–Kier alpha value is -0.850.